The van der Waals surface area contributed by atoms with Crippen LogP contribution in [0.3, 0.4) is 0 Å². The molecule has 1 heterocycles. The lowest BCUT2D eigenvalue weighted by Gasteiger charge is -2.22. The summed E-state index contributed by atoms with van der Waals surface area (Å²) in [6.07, 6.45) is 1.53. The summed E-state index contributed by atoms with van der Waals surface area (Å²) >= 11 is 18.1. The summed E-state index contributed by atoms with van der Waals surface area (Å²) in [7, 11) is 0. The normalized spacial score (nSPS) is 20.3. The molecule has 98 valence electrons. The lowest BCUT2D eigenvalue weighted by Crippen LogP contribution is -2.35. The highest BCUT2D eigenvalue weighted by Crippen LogP contribution is 2.33. The van der Waals surface area contributed by atoms with Crippen molar-refractivity contribution in [2.24, 2.45) is 0 Å². The van der Waals surface area contributed by atoms with E-state index in [4.69, 9.17) is 39.9 Å². The van der Waals surface area contributed by atoms with Crippen LogP contribution < -0.4 is 0 Å². The Kier molecular flexibility index (Phi) is 4.38. The molecule has 3 nitrogen and oxygen atoms in total. The highest BCUT2D eigenvalue weighted by molar-refractivity contribution is 6.44. The molecule has 1 aliphatic heterocycles. The van der Waals surface area contributed by atoms with Crippen LogP contribution in [0.4, 0.5) is 0 Å². The molecule has 1 aromatic carbocycles. The van der Waals surface area contributed by atoms with Crippen molar-refractivity contribution in [3.05, 3.63) is 32.8 Å². The van der Waals surface area contributed by atoms with E-state index >= 15 is 0 Å². The second-order valence-corrected chi connectivity index (χ2v) is 5.48. The van der Waals surface area contributed by atoms with Crippen LogP contribution in [0.5, 0.6) is 0 Å². The summed E-state index contributed by atoms with van der Waals surface area (Å²) < 4.78 is 0. The number of carboxylic acids is 1. The first-order valence-electron chi connectivity index (χ1n) is 5.60. The molecule has 1 fully saturated rings. The van der Waals surface area contributed by atoms with Gasteiger partial charge in [0, 0.05) is 17.1 Å². The maximum absolute atomic E-state index is 11.1. The topological polar surface area (TPSA) is 40.5 Å². The smallest absolute Gasteiger partial charge is 0.320 e. The van der Waals surface area contributed by atoms with Crippen molar-refractivity contribution in [2.75, 3.05) is 6.54 Å². The van der Waals surface area contributed by atoms with Gasteiger partial charge in [0.05, 0.1) is 10.0 Å². The zero-order valence-electron chi connectivity index (χ0n) is 9.50. The zero-order valence-corrected chi connectivity index (χ0v) is 11.8. The third kappa shape index (κ3) is 2.75. The number of carboxylic acid groups (broad SMARTS) is 1. The predicted molar refractivity (Wildman–Crippen MR) is 72.5 cm³/mol. The number of benzene rings is 1. The lowest BCUT2D eigenvalue weighted by atomic mass is 10.2. The minimum Gasteiger partial charge on any atom is -0.480 e. The van der Waals surface area contributed by atoms with Gasteiger partial charge in [0.25, 0.3) is 0 Å². The fraction of sp³-hybridized carbons (Fsp3) is 0.417. The number of rotatable bonds is 3. The van der Waals surface area contributed by atoms with Gasteiger partial charge in [-0.05, 0) is 31.5 Å². The molecule has 1 atom stereocenters. The largest absolute Gasteiger partial charge is 0.480 e. The molecule has 0 aliphatic carbocycles. The van der Waals surface area contributed by atoms with E-state index in [9.17, 15) is 4.79 Å². The SMILES string of the molecule is O=C(O)C1CCCN1Cc1c(Cl)ccc(Cl)c1Cl. The summed E-state index contributed by atoms with van der Waals surface area (Å²) in [5.41, 5.74) is 0.694. The summed E-state index contributed by atoms with van der Waals surface area (Å²) in [4.78, 5) is 13.0. The minimum atomic E-state index is -0.804. The van der Waals surface area contributed by atoms with E-state index in [0.29, 0.717) is 33.6 Å². The molecule has 1 aromatic rings. The Morgan fingerprint density at radius 1 is 1.33 bits per heavy atom. The standard InChI is InChI=1S/C12H12Cl3NO2/c13-8-3-4-9(14)11(15)7(8)6-16-5-1-2-10(16)12(17)18/h3-4,10H,1-2,5-6H2,(H,17,18). The molecule has 18 heavy (non-hydrogen) atoms. The summed E-state index contributed by atoms with van der Waals surface area (Å²) in [5.74, 6) is -0.804. The molecule has 1 N–H and O–H groups in total. The summed E-state index contributed by atoms with van der Waals surface area (Å²) in [5, 5.41) is 10.5. The van der Waals surface area contributed by atoms with E-state index in [-0.39, 0.29) is 0 Å². The van der Waals surface area contributed by atoms with Gasteiger partial charge in [-0.2, -0.15) is 0 Å². The Morgan fingerprint density at radius 3 is 2.67 bits per heavy atom. The fourth-order valence-electron chi connectivity index (χ4n) is 2.21. The Hall–Kier alpha value is -0.480. The van der Waals surface area contributed by atoms with Crippen LogP contribution in [-0.4, -0.2) is 28.6 Å². The molecule has 1 saturated heterocycles. The van der Waals surface area contributed by atoms with Crippen molar-refractivity contribution in [1.82, 2.24) is 4.90 Å². The van der Waals surface area contributed by atoms with E-state index in [2.05, 4.69) is 0 Å². The van der Waals surface area contributed by atoms with Gasteiger partial charge in [0.1, 0.15) is 6.04 Å². The van der Waals surface area contributed by atoms with Crippen LogP contribution in [0.15, 0.2) is 12.1 Å². The van der Waals surface area contributed by atoms with Crippen LogP contribution in [-0.2, 0) is 11.3 Å². The summed E-state index contributed by atoms with van der Waals surface area (Å²) in [6, 6.07) is 2.85. The van der Waals surface area contributed by atoms with Crippen LogP contribution in [0.2, 0.25) is 15.1 Å². The molecule has 0 aromatic heterocycles. The average molecular weight is 309 g/mol. The van der Waals surface area contributed by atoms with Crippen LogP contribution in [0.25, 0.3) is 0 Å². The third-order valence-corrected chi connectivity index (χ3v) is 4.35. The molecule has 2 rings (SSSR count). The molecule has 0 saturated carbocycles. The third-order valence-electron chi connectivity index (χ3n) is 3.15. The molecular weight excluding hydrogens is 296 g/mol. The van der Waals surface area contributed by atoms with Crippen molar-refractivity contribution in [3.63, 3.8) is 0 Å². The first kappa shape index (κ1) is 13.9. The number of halogens is 3. The number of hydrogen-bond acceptors (Lipinski definition) is 2. The molecule has 0 amide bonds. The molecular formula is C12H12Cl3NO2. The quantitative estimate of drug-likeness (QED) is 0.866. The van der Waals surface area contributed by atoms with Gasteiger partial charge in [-0.15, -0.1) is 0 Å². The van der Waals surface area contributed by atoms with Gasteiger partial charge in [-0.25, -0.2) is 0 Å². The Balaban J connectivity index is 2.24. The van der Waals surface area contributed by atoms with Crippen molar-refractivity contribution in [3.8, 4) is 0 Å². The van der Waals surface area contributed by atoms with Gasteiger partial charge >= 0.3 is 5.97 Å². The molecule has 0 radical (unpaired) electrons. The maximum atomic E-state index is 11.1. The fourth-order valence-corrected chi connectivity index (χ4v) is 2.88. The maximum Gasteiger partial charge on any atom is 0.320 e. The van der Waals surface area contributed by atoms with E-state index in [0.717, 1.165) is 13.0 Å². The Bertz CT molecular complexity index is 479. The van der Waals surface area contributed by atoms with E-state index in [1.807, 2.05) is 4.90 Å². The van der Waals surface area contributed by atoms with Crippen LogP contribution >= 0.6 is 34.8 Å². The molecule has 0 spiro atoms. The Labute approximate surface area is 120 Å². The van der Waals surface area contributed by atoms with Crippen molar-refractivity contribution < 1.29 is 9.90 Å². The molecule has 1 aliphatic rings. The number of aliphatic carboxylic acids is 1. The average Bonchev–Trinajstić information content (AvgIpc) is 2.78. The highest BCUT2D eigenvalue weighted by atomic mass is 35.5. The second kappa shape index (κ2) is 5.66. The number of likely N-dealkylation sites (tertiary alicyclic amines) is 1. The van der Waals surface area contributed by atoms with Gasteiger partial charge in [-0.3, -0.25) is 9.69 Å². The Morgan fingerprint density at radius 2 is 2.00 bits per heavy atom. The number of nitrogens with zero attached hydrogens (tertiary/aromatic N) is 1. The van der Waals surface area contributed by atoms with Crippen molar-refractivity contribution in [2.45, 2.75) is 25.4 Å². The molecule has 6 heteroatoms. The van der Waals surface area contributed by atoms with E-state index < -0.39 is 12.0 Å². The zero-order chi connectivity index (χ0) is 13.3. The van der Waals surface area contributed by atoms with Gasteiger partial charge < -0.3 is 5.11 Å². The lowest BCUT2D eigenvalue weighted by molar-refractivity contribution is -0.142. The first-order chi connectivity index (χ1) is 8.50. The highest BCUT2D eigenvalue weighted by Gasteiger charge is 2.31. The predicted octanol–water partition coefficient (Wildman–Crippen LogP) is 3.70. The number of hydrogen-bond donors (Lipinski definition) is 1. The first-order valence-corrected chi connectivity index (χ1v) is 6.73. The van der Waals surface area contributed by atoms with Crippen molar-refractivity contribution in [1.29, 1.82) is 0 Å². The summed E-state index contributed by atoms with van der Waals surface area (Å²) in [6.45, 7) is 1.14. The monoisotopic (exact) mass is 307 g/mol. The van der Waals surface area contributed by atoms with Gasteiger partial charge in [0.15, 0.2) is 0 Å². The van der Waals surface area contributed by atoms with Crippen LogP contribution in [0, 0.1) is 0 Å². The minimum absolute atomic E-state index is 0.403. The second-order valence-electron chi connectivity index (χ2n) is 4.29. The molecule has 1 unspecified atom stereocenters. The van der Waals surface area contributed by atoms with Gasteiger partial charge in [0.2, 0.25) is 0 Å². The molecule has 0 bridgehead atoms. The van der Waals surface area contributed by atoms with E-state index in [1.54, 1.807) is 12.1 Å². The van der Waals surface area contributed by atoms with Gasteiger partial charge in [-0.1, -0.05) is 34.8 Å². The number of carbonyl (C=O) groups is 1. The van der Waals surface area contributed by atoms with E-state index in [1.165, 1.54) is 0 Å². The van der Waals surface area contributed by atoms with Crippen molar-refractivity contribution >= 4 is 40.8 Å². The van der Waals surface area contributed by atoms with Crippen LogP contribution in [0.1, 0.15) is 18.4 Å².